The van der Waals surface area contributed by atoms with Crippen molar-refractivity contribution in [3.63, 3.8) is 0 Å². The second-order valence-electron chi connectivity index (χ2n) is 2.45. The fraction of sp³-hybridized carbons (Fsp3) is 1.00. The molecule has 1 rings (SSSR count). The van der Waals surface area contributed by atoms with Crippen LogP contribution in [0.15, 0.2) is 0 Å². The molecule has 50 valence electrons. The monoisotopic (exact) mass is 135 g/mol. The Bertz CT molecular complexity index is 65.5. The van der Waals surface area contributed by atoms with E-state index in [9.17, 15) is 0 Å². The summed E-state index contributed by atoms with van der Waals surface area (Å²) in [7, 11) is 0. The molecule has 1 fully saturated rings. The summed E-state index contributed by atoms with van der Waals surface area (Å²) >= 11 is 0. The number of halogens is 1. The molecule has 0 amide bonds. The number of hydrogen-bond donors (Lipinski definition) is 1. The highest BCUT2D eigenvalue weighted by molar-refractivity contribution is 5.85. The summed E-state index contributed by atoms with van der Waals surface area (Å²) in [6.45, 7) is 2.21. The van der Waals surface area contributed by atoms with Crippen LogP contribution >= 0.6 is 12.4 Å². The fourth-order valence-electron chi connectivity index (χ4n) is 0.974. The van der Waals surface area contributed by atoms with Gasteiger partial charge in [-0.3, -0.25) is 0 Å². The molecule has 0 aromatic carbocycles. The van der Waals surface area contributed by atoms with Gasteiger partial charge in [-0.15, -0.1) is 12.4 Å². The van der Waals surface area contributed by atoms with E-state index in [4.69, 9.17) is 5.73 Å². The summed E-state index contributed by atoms with van der Waals surface area (Å²) in [5.74, 6) is 0.894. The Morgan fingerprint density at radius 3 is 2.25 bits per heavy atom. The minimum absolute atomic E-state index is 0. The van der Waals surface area contributed by atoms with Gasteiger partial charge in [0, 0.05) is 6.04 Å². The Hall–Kier alpha value is 0.250. The fourth-order valence-corrected chi connectivity index (χ4v) is 0.974. The Balaban J connectivity index is 0.000000490. The van der Waals surface area contributed by atoms with Crippen molar-refractivity contribution in [1.82, 2.24) is 0 Å². The van der Waals surface area contributed by atoms with E-state index in [1.807, 2.05) is 0 Å². The SMILES string of the molecule is CCCC1CC1N.Cl. The first-order chi connectivity index (χ1) is 3.34. The molecule has 2 N–H and O–H groups in total. The standard InChI is InChI=1S/C6H13N.ClH/c1-2-3-5-4-6(5)7;/h5-6H,2-4,7H2,1H3;1H. The van der Waals surface area contributed by atoms with E-state index in [1.54, 1.807) is 0 Å². The van der Waals surface area contributed by atoms with Crippen molar-refractivity contribution in [1.29, 1.82) is 0 Å². The zero-order valence-electron chi connectivity index (χ0n) is 5.26. The van der Waals surface area contributed by atoms with E-state index >= 15 is 0 Å². The summed E-state index contributed by atoms with van der Waals surface area (Å²) in [6.07, 6.45) is 3.94. The third-order valence-corrected chi connectivity index (χ3v) is 1.64. The molecular weight excluding hydrogens is 122 g/mol. The molecule has 2 heteroatoms. The lowest BCUT2D eigenvalue weighted by Gasteiger charge is -1.86. The molecule has 1 aliphatic rings. The highest BCUT2D eigenvalue weighted by Crippen LogP contribution is 2.31. The summed E-state index contributed by atoms with van der Waals surface area (Å²) < 4.78 is 0. The molecule has 2 unspecified atom stereocenters. The third-order valence-electron chi connectivity index (χ3n) is 1.64. The van der Waals surface area contributed by atoms with Crippen molar-refractivity contribution >= 4 is 12.4 Å². The molecule has 1 aliphatic carbocycles. The van der Waals surface area contributed by atoms with Crippen LogP contribution in [-0.4, -0.2) is 6.04 Å². The van der Waals surface area contributed by atoms with Gasteiger partial charge in [-0.2, -0.15) is 0 Å². The van der Waals surface area contributed by atoms with E-state index in [1.165, 1.54) is 19.3 Å². The van der Waals surface area contributed by atoms with Gasteiger partial charge in [-0.05, 0) is 18.8 Å². The molecule has 0 aromatic rings. The zero-order chi connectivity index (χ0) is 5.28. The van der Waals surface area contributed by atoms with Crippen LogP contribution in [0, 0.1) is 5.92 Å². The molecule has 1 nitrogen and oxygen atoms in total. The van der Waals surface area contributed by atoms with Gasteiger partial charge in [-0.1, -0.05) is 13.3 Å². The number of rotatable bonds is 2. The summed E-state index contributed by atoms with van der Waals surface area (Å²) in [4.78, 5) is 0. The Morgan fingerprint density at radius 1 is 1.62 bits per heavy atom. The third kappa shape index (κ3) is 2.01. The van der Waals surface area contributed by atoms with Gasteiger partial charge >= 0.3 is 0 Å². The predicted molar refractivity (Wildman–Crippen MR) is 38.2 cm³/mol. The summed E-state index contributed by atoms with van der Waals surface area (Å²) in [5, 5.41) is 0. The molecule has 0 radical (unpaired) electrons. The number of nitrogens with two attached hydrogens (primary N) is 1. The normalized spacial score (nSPS) is 33.8. The first-order valence-corrected chi connectivity index (χ1v) is 3.10. The molecular formula is C6H14ClN. The van der Waals surface area contributed by atoms with Crippen molar-refractivity contribution in [2.45, 2.75) is 32.2 Å². The first-order valence-electron chi connectivity index (χ1n) is 3.10. The highest BCUT2D eigenvalue weighted by atomic mass is 35.5. The molecule has 0 bridgehead atoms. The van der Waals surface area contributed by atoms with E-state index in [-0.39, 0.29) is 12.4 Å². The van der Waals surface area contributed by atoms with Crippen LogP contribution in [0.4, 0.5) is 0 Å². The van der Waals surface area contributed by atoms with Gasteiger partial charge in [0.1, 0.15) is 0 Å². The van der Waals surface area contributed by atoms with E-state index in [0.717, 1.165) is 5.92 Å². The van der Waals surface area contributed by atoms with E-state index < -0.39 is 0 Å². The minimum Gasteiger partial charge on any atom is -0.327 e. The molecule has 0 heterocycles. The van der Waals surface area contributed by atoms with Crippen LogP contribution in [0.1, 0.15) is 26.2 Å². The molecule has 2 atom stereocenters. The van der Waals surface area contributed by atoms with Crippen molar-refractivity contribution in [2.24, 2.45) is 11.7 Å². The van der Waals surface area contributed by atoms with Crippen LogP contribution in [0.3, 0.4) is 0 Å². The first kappa shape index (κ1) is 8.25. The molecule has 0 spiro atoms. The van der Waals surface area contributed by atoms with Gasteiger partial charge in [0.25, 0.3) is 0 Å². The second-order valence-corrected chi connectivity index (χ2v) is 2.45. The van der Waals surface area contributed by atoms with E-state index in [0.29, 0.717) is 6.04 Å². The van der Waals surface area contributed by atoms with Crippen molar-refractivity contribution in [3.8, 4) is 0 Å². The molecule has 0 saturated heterocycles. The average Bonchev–Trinajstić information content (AvgIpc) is 2.22. The van der Waals surface area contributed by atoms with Gasteiger partial charge in [0.2, 0.25) is 0 Å². The lowest BCUT2D eigenvalue weighted by atomic mass is 10.2. The maximum Gasteiger partial charge on any atom is 0.00709 e. The topological polar surface area (TPSA) is 26.0 Å². The zero-order valence-corrected chi connectivity index (χ0v) is 6.08. The smallest absolute Gasteiger partial charge is 0.00709 e. The summed E-state index contributed by atoms with van der Waals surface area (Å²) in [6, 6.07) is 0.569. The van der Waals surface area contributed by atoms with Crippen LogP contribution in [0.2, 0.25) is 0 Å². The molecule has 0 aromatic heterocycles. The van der Waals surface area contributed by atoms with Crippen LogP contribution < -0.4 is 5.73 Å². The summed E-state index contributed by atoms with van der Waals surface area (Å²) in [5.41, 5.74) is 5.55. The van der Waals surface area contributed by atoms with Crippen LogP contribution in [-0.2, 0) is 0 Å². The van der Waals surface area contributed by atoms with Gasteiger partial charge in [0.15, 0.2) is 0 Å². The van der Waals surface area contributed by atoms with Gasteiger partial charge in [0.05, 0.1) is 0 Å². The van der Waals surface area contributed by atoms with Gasteiger partial charge < -0.3 is 5.73 Å². The predicted octanol–water partition coefficient (Wildman–Crippen LogP) is 1.56. The molecule has 8 heavy (non-hydrogen) atoms. The van der Waals surface area contributed by atoms with Crippen molar-refractivity contribution in [3.05, 3.63) is 0 Å². The Morgan fingerprint density at radius 2 is 2.12 bits per heavy atom. The Labute approximate surface area is 57.1 Å². The van der Waals surface area contributed by atoms with Crippen molar-refractivity contribution < 1.29 is 0 Å². The quantitative estimate of drug-likeness (QED) is 0.611. The molecule has 1 saturated carbocycles. The largest absolute Gasteiger partial charge is 0.327 e. The minimum atomic E-state index is 0. The maximum absolute atomic E-state index is 5.55. The lowest BCUT2D eigenvalue weighted by molar-refractivity contribution is 0.683. The maximum atomic E-state index is 5.55. The van der Waals surface area contributed by atoms with Gasteiger partial charge in [-0.25, -0.2) is 0 Å². The highest BCUT2D eigenvalue weighted by Gasteiger charge is 2.31. The van der Waals surface area contributed by atoms with Crippen LogP contribution in [0.5, 0.6) is 0 Å². The Kier molecular flexibility index (Phi) is 3.41. The van der Waals surface area contributed by atoms with E-state index in [2.05, 4.69) is 6.92 Å². The average molecular weight is 136 g/mol. The number of hydrogen-bond acceptors (Lipinski definition) is 1. The van der Waals surface area contributed by atoms with Crippen molar-refractivity contribution in [2.75, 3.05) is 0 Å². The molecule has 0 aliphatic heterocycles. The lowest BCUT2D eigenvalue weighted by Crippen LogP contribution is -2.00. The van der Waals surface area contributed by atoms with Crippen LogP contribution in [0.25, 0.3) is 0 Å². The second kappa shape index (κ2) is 3.31.